The maximum Gasteiger partial charge on any atom is 0.223 e. The van der Waals surface area contributed by atoms with Crippen LogP contribution >= 0.6 is 0 Å². The van der Waals surface area contributed by atoms with Crippen LogP contribution in [0.2, 0.25) is 0 Å². The number of pyridine rings is 1. The van der Waals surface area contributed by atoms with E-state index in [9.17, 15) is 4.79 Å². The molecular weight excluding hydrogens is 312 g/mol. The minimum atomic E-state index is 0.319. The number of carbonyl (C=O) groups is 1. The molecule has 0 aromatic carbocycles. The van der Waals surface area contributed by atoms with E-state index >= 15 is 0 Å². The molecule has 3 heterocycles. The molecule has 1 amide bonds. The molecule has 5 nitrogen and oxygen atoms in total. The second-order valence-electron chi connectivity index (χ2n) is 7.77. The van der Waals surface area contributed by atoms with Gasteiger partial charge in [-0.3, -0.25) is 9.78 Å². The van der Waals surface area contributed by atoms with E-state index in [1.54, 1.807) is 0 Å². The first-order chi connectivity index (χ1) is 12.0. The number of aryl methyl sites for hydroxylation is 2. The van der Waals surface area contributed by atoms with Gasteiger partial charge >= 0.3 is 0 Å². The number of hydrogen-bond donors (Lipinski definition) is 0. The zero-order valence-corrected chi connectivity index (χ0v) is 16.0. The molecule has 0 aliphatic carbocycles. The Bertz CT molecular complexity index is 575. The SMILES string of the molecule is Cc1cc(N2CCN(C(=O)CCN3CCC[C@H](C)C3)CC2)cc(C)n1. The summed E-state index contributed by atoms with van der Waals surface area (Å²) in [5, 5.41) is 0. The Morgan fingerprint density at radius 2 is 1.80 bits per heavy atom. The van der Waals surface area contributed by atoms with Crippen LogP contribution in [0.4, 0.5) is 5.69 Å². The highest BCUT2D eigenvalue weighted by molar-refractivity contribution is 5.76. The van der Waals surface area contributed by atoms with E-state index in [-0.39, 0.29) is 0 Å². The van der Waals surface area contributed by atoms with Gasteiger partial charge in [0.1, 0.15) is 0 Å². The maximum atomic E-state index is 12.5. The summed E-state index contributed by atoms with van der Waals surface area (Å²) in [6, 6.07) is 4.28. The summed E-state index contributed by atoms with van der Waals surface area (Å²) >= 11 is 0. The van der Waals surface area contributed by atoms with Gasteiger partial charge in [0.15, 0.2) is 0 Å². The Hall–Kier alpha value is -1.62. The molecule has 5 heteroatoms. The van der Waals surface area contributed by atoms with Crippen LogP contribution in [0.5, 0.6) is 0 Å². The highest BCUT2D eigenvalue weighted by Crippen LogP contribution is 2.19. The third-order valence-corrected chi connectivity index (χ3v) is 5.45. The number of anilines is 1. The summed E-state index contributed by atoms with van der Waals surface area (Å²) in [4.78, 5) is 23.9. The molecule has 2 aliphatic rings. The quantitative estimate of drug-likeness (QED) is 0.841. The standard InChI is InChI=1S/C20H32N4O/c1-16-5-4-7-22(15-16)8-6-20(25)24-11-9-23(10-12-24)19-13-17(2)21-18(3)14-19/h13-14,16H,4-12,15H2,1-3H3/t16-/m0/s1. The molecular formula is C20H32N4O. The molecule has 0 unspecified atom stereocenters. The number of rotatable bonds is 4. The molecule has 25 heavy (non-hydrogen) atoms. The van der Waals surface area contributed by atoms with Gasteiger partial charge in [0.2, 0.25) is 5.91 Å². The lowest BCUT2D eigenvalue weighted by Crippen LogP contribution is -2.49. The fourth-order valence-corrected chi connectivity index (χ4v) is 4.11. The third kappa shape index (κ3) is 4.94. The Labute approximate surface area is 152 Å². The molecule has 0 saturated carbocycles. The van der Waals surface area contributed by atoms with Gasteiger partial charge in [0, 0.05) is 62.8 Å². The maximum absolute atomic E-state index is 12.5. The average molecular weight is 345 g/mol. The van der Waals surface area contributed by atoms with Crippen molar-refractivity contribution in [2.45, 2.75) is 40.0 Å². The van der Waals surface area contributed by atoms with Crippen LogP contribution in [0.25, 0.3) is 0 Å². The van der Waals surface area contributed by atoms with Crippen LogP contribution in [0.1, 0.15) is 37.6 Å². The number of hydrogen-bond acceptors (Lipinski definition) is 4. The molecule has 1 atom stereocenters. The van der Waals surface area contributed by atoms with Gasteiger partial charge in [-0.25, -0.2) is 0 Å². The van der Waals surface area contributed by atoms with E-state index in [1.165, 1.54) is 18.5 Å². The van der Waals surface area contributed by atoms with Crippen LogP contribution in [-0.2, 0) is 4.79 Å². The zero-order chi connectivity index (χ0) is 17.8. The van der Waals surface area contributed by atoms with Crippen LogP contribution in [0.15, 0.2) is 12.1 Å². The third-order valence-electron chi connectivity index (χ3n) is 5.45. The van der Waals surface area contributed by atoms with Crippen molar-refractivity contribution in [2.75, 3.05) is 50.7 Å². The minimum Gasteiger partial charge on any atom is -0.368 e. The predicted octanol–water partition coefficient (Wildman–Crippen LogP) is 2.47. The molecule has 2 fully saturated rings. The van der Waals surface area contributed by atoms with Crippen molar-refractivity contribution >= 4 is 11.6 Å². The van der Waals surface area contributed by atoms with Crippen molar-refractivity contribution in [3.63, 3.8) is 0 Å². The Balaban J connectivity index is 1.46. The first-order valence-corrected chi connectivity index (χ1v) is 9.71. The van der Waals surface area contributed by atoms with E-state index in [2.05, 4.69) is 33.8 Å². The second kappa shape index (κ2) is 8.17. The van der Waals surface area contributed by atoms with Gasteiger partial charge in [-0.15, -0.1) is 0 Å². The molecule has 1 aromatic heterocycles. The van der Waals surface area contributed by atoms with Crippen molar-refractivity contribution in [3.05, 3.63) is 23.5 Å². The number of likely N-dealkylation sites (tertiary alicyclic amines) is 1. The lowest BCUT2D eigenvalue weighted by Gasteiger charge is -2.37. The molecule has 0 bridgehead atoms. The molecule has 1 aromatic rings. The van der Waals surface area contributed by atoms with E-state index < -0.39 is 0 Å². The second-order valence-corrected chi connectivity index (χ2v) is 7.77. The highest BCUT2D eigenvalue weighted by atomic mass is 16.2. The molecule has 138 valence electrons. The summed E-state index contributed by atoms with van der Waals surface area (Å²) in [7, 11) is 0. The van der Waals surface area contributed by atoms with Crippen molar-refractivity contribution in [3.8, 4) is 0 Å². The minimum absolute atomic E-state index is 0.319. The summed E-state index contributed by atoms with van der Waals surface area (Å²) in [5.74, 6) is 1.10. The zero-order valence-electron chi connectivity index (χ0n) is 16.0. The number of piperazine rings is 1. The van der Waals surface area contributed by atoms with Gasteiger partial charge in [-0.2, -0.15) is 0 Å². The van der Waals surface area contributed by atoms with Crippen molar-refractivity contribution in [1.29, 1.82) is 0 Å². The van der Waals surface area contributed by atoms with Crippen LogP contribution in [-0.4, -0.2) is 66.5 Å². The van der Waals surface area contributed by atoms with Crippen LogP contribution < -0.4 is 4.90 Å². The number of aromatic nitrogens is 1. The van der Waals surface area contributed by atoms with E-state index in [4.69, 9.17) is 0 Å². The monoisotopic (exact) mass is 344 g/mol. The molecule has 2 saturated heterocycles. The first kappa shape index (κ1) is 18.2. The van der Waals surface area contributed by atoms with Gasteiger partial charge in [-0.05, 0) is 51.3 Å². The van der Waals surface area contributed by atoms with Crippen molar-refractivity contribution in [1.82, 2.24) is 14.8 Å². The highest BCUT2D eigenvalue weighted by Gasteiger charge is 2.23. The van der Waals surface area contributed by atoms with E-state index in [1.807, 2.05) is 18.7 Å². The number of piperidine rings is 1. The normalized spacial score (nSPS) is 22.3. The Morgan fingerprint density at radius 1 is 1.12 bits per heavy atom. The molecule has 0 radical (unpaired) electrons. The van der Waals surface area contributed by atoms with Crippen molar-refractivity contribution < 1.29 is 4.79 Å². The summed E-state index contributed by atoms with van der Waals surface area (Å²) in [6.45, 7) is 13.1. The lowest BCUT2D eigenvalue weighted by molar-refractivity contribution is -0.131. The topological polar surface area (TPSA) is 39.7 Å². The fourth-order valence-electron chi connectivity index (χ4n) is 4.11. The summed E-state index contributed by atoms with van der Waals surface area (Å²) in [6.07, 6.45) is 3.28. The summed E-state index contributed by atoms with van der Waals surface area (Å²) in [5.41, 5.74) is 3.35. The van der Waals surface area contributed by atoms with Gasteiger partial charge < -0.3 is 14.7 Å². The predicted molar refractivity (Wildman–Crippen MR) is 102 cm³/mol. The fraction of sp³-hybridized carbons (Fsp3) is 0.700. The van der Waals surface area contributed by atoms with E-state index in [0.29, 0.717) is 12.3 Å². The molecule has 0 spiro atoms. The van der Waals surface area contributed by atoms with Gasteiger partial charge in [-0.1, -0.05) is 6.92 Å². The van der Waals surface area contributed by atoms with E-state index in [0.717, 1.165) is 63.1 Å². The van der Waals surface area contributed by atoms with Gasteiger partial charge in [0.05, 0.1) is 0 Å². The average Bonchev–Trinajstić information content (AvgIpc) is 2.59. The molecule has 0 N–H and O–H groups in total. The number of carbonyl (C=O) groups excluding carboxylic acids is 1. The summed E-state index contributed by atoms with van der Waals surface area (Å²) < 4.78 is 0. The largest absolute Gasteiger partial charge is 0.368 e. The lowest BCUT2D eigenvalue weighted by atomic mass is 10.0. The Morgan fingerprint density at radius 3 is 2.44 bits per heavy atom. The van der Waals surface area contributed by atoms with Crippen LogP contribution in [0.3, 0.4) is 0 Å². The van der Waals surface area contributed by atoms with Gasteiger partial charge in [0.25, 0.3) is 0 Å². The molecule has 2 aliphatic heterocycles. The van der Waals surface area contributed by atoms with Crippen LogP contribution in [0, 0.1) is 19.8 Å². The Kier molecular flexibility index (Phi) is 5.94. The smallest absolute Gasteiger partial charge is 0.223 e. The molecule has 3 rings (SSSR count). The number of nitrogens with zero attached hydrogens (tertiary/aromatic N) is 4. The number of amides is 1. The first-order valence-electron chi connectivity index (χ1n) is 9.71. The van der Waals surface area contributed by atoms with Crippen molar-refractivity contribution in [2.24, 2.45) is 5.92 Å².